The summed E-state index contributed by atoms with van der Waals surface area (Å²) in [5.74, 6) is 0. The first-order chi connectivity index (χ1) is 9.72. The molecule has 2 saturated heterocycles. The number of carbonyl (C=O) groups excluding carboxylic acids is 1. The van der Waals surface area contributed by atoms with E-state index in [1.54, 1.807) is 0 Å². The highest BCUT2D eigenvalue weighted by Crippen LogP contribution is 2.19. The van der Waals surface area contributed by atoms with Crippen molar-refractivity contribution in [2.24, 2.45) is 0 Å². The molecule has 0 bridgehead atoms. The smallest absolute Gasteiger partial charge is 0.317 e. The molecule has 2 heterocycles. The molecular formula is C15H29N3O2. The Morgan fingerprint density at radius 1 is 1.30 bits per heavy atom. The highest BCUT2D eigenvalue weighted by atomic mass is 16.5. The fourth-order valence-corrected chi connectivity index (χ4v) is 3.18. The molecule has 5 nitrogen and oxygen atoms in total. The van der Waals surface area contributed by atoms with E-state index in [-0.39, 0.29) is 6.03 Å². The van der Waals surface area contributed by atoms with E-state index in [9.17, 15) is 4.79 Å². The van der Waals surface area contributed by atoms with Crippen molar-refractivity contribution >= 4 is 6.03 Å². The maximum atomic E-state index is 12.3. The van der Waals surface area contributed by atoms with E-state index in [1.807, 2.05) is 4.90 Å². The summed E-state index contributed by atoms with van der Waals surface area (Å²) in [6.45, 7) is 9.55. The third-order valence-corrected chi connectivity index (χ3v) is 4.58. The van der Waals surface area contributed by atoms with Gasteiger partial charge < -0.3 is 15.0 Å². The van der Waals surface area contributed by atoms with Crippen LogP contribution < -0.4 is 5.32 Å². The normalized spacial score (nSPS) is 26.3. The number of hydrogen-bond acceptors (Lipinski definition) is 3. The summed E-state index contributed by atoms with van der Waals surface area (Å²) in [5.41, 5.74) is 0. The van der Waals surface area contributed by atoms with E-state index in [0.29, 0.717) is 12.1 Å². The predicted molar refractivity (Wildman–Crippen MR) is 79.9 cm³/mol. The van der Waals surface area contributed by atoms with Crippen LogP contribution in [0.1, 0.15) is 39.5 Å². The molecule has 0 aromatic carbocycles. The molecule has 2 atom stereocenters. The number of ether oxygens (including phenoxy) is 1. The number of carbonyl (C=O) groups is 1. The van der Waals surface area contributed by atoms with Crippen LogP contribution in [0.3, 0.4) is 0 Å². The van der Waals surface area contributed by atoms with Crippen LogP contribution in [0.2, 0.25) is 0 Å². The molecule has 2 rings (SSSR count). The van der Waals surface area contributed by atoms with Crippen LogP contribution in [0.5, 0.6) is 0 Å². The van der Waals surface area contributed by atoms with E-state index >= 15 is 0 Å². The molecule has 0 aromatic rings. The minimum atomic E-state index is 0.122. The zero-order valence-corrected chi connectivity index (χ0v) is 12.9. The van der Waals surface area contributed by atoms with Crippen LogP contribution >= 0.6 is 0 Å². The molecular weight excluding hydrogens is 254 g/mol. The molecule has 0 aromatic heterocycles. The van der Waals surface area contributed by atoms with E-state index in [4.69, 9.17) is 4.74 Å². The Kier molecular flexibility index (Phi) is 6.10. The third kappa shape index (κ3) is 4.09. The average molecular weight is 283 g/mol. The number of amides is 2. The Bertz CT molecular complexity index is 305. The topological polar surface area (TPSA) is 44.8 Å². The Labute approximate surface area is 122 Å². The summed E-state index contributed by atoms with van der Waals surface area (Å²) >= 11 is 0. The van der Waals surface area contributed by atoms with Gasteiger partial charge >= 0.3 is 6.03 Å². The number of morpholine rings is 1. The first-order valence-electron chi connectivity index (χ1n) is 8.08. The van der Waals surface area contributed by atoms with Crippen LogP contribution in [0.25, 0.3) is 0 Å². The molecule has 116 valence electrons. The zero-order chi connectivity index (χ0) is 14.4. The van der Waals surface area contributed by atoms with Gasteiger partial charge in [-0.15, -0.1) is 0 Å². The van der Waals surface area contributed by atoms with Gasteiger partial charge in [0.05, 0.1) is 13.2 Å². The van der Waals surface area contributed by atoms with Crippen LogP contribution in [-0.4, -0.2) is 67.3 Å². The van der Waals surface area contributed by atoms with E-state index in [1.165, 1.54) is 6.42 Å². The maximum Gasteiger partial charge on any atom is 0.317 e. The molecule has 2 fully saturated rings. The molecule has 0 spiro atoms. The third-order valence-electron chi connectivity index (χ3n) is 4.58. The number of urea groups is 1. The largest absolute Gasteiger partial charge is 0.379 e. The van der Waals surface area contributed by atoms with Crippen LogP contribution in [0.15, 0.2) is 0 Å². The number of rotatable bonds is 4. The quantitative estimate of drug-likeness (QED) is 0.854. The summed E-state index contributed by atoms with van der Waals surface area (Å²) in [6.07, 6.45) is 4.62. The minimum absolute atomic E-state index is 0.122. The second kappa shape index (κ2) is 7.84. The molecule has 20 heavy (non-hydrogen) atoms. The van der Waals surface area contributed by atoms with Gasteiger partial charge in [-0.3, -0.25) is 4.90 Å². The lowest BCUT2D eigenvalue weighted by molar-refractivity contribution is 0.0205. The number of hydrogen-bond donors (Lipinski definition) is 1. The lowest BCUT2D eigenvalue weighted by Gasteiger charge is -2.36. The summed E-state index contributed by atoms with van der Waals surface area (Å²) in [6, 6.07) is 0.937. The fourth-order valence-electron chi connectivity index (χ4n) is 3.18. The fraction of sp³-hybridized carbons (Fsp3) is 0.933. The molecule has 2 unspecified atom stereocenters. The van der Waals surface area contributed by atoms with Crippen molar-refractivity contribution in [1.82, 2.24) is 15.1 Å². The van der Waals surface area contributed by atoms with Crippen molar-refractivity contribution in [2.75, 3.05) is 39.4 Å². The van der Waals surface area contributed by atoms with Gasteiger partial charge in [0.2, 0.25) is 0 Å². The van der Waals surface area contributed by atoms with Crippen molar-refractivity contribution in [2.45, 2.75) is 51.6 Å². The van der Waals surface area contributed by atoms with Gasteiger partial charge in [0, 0.05) is 38.3 Å². The second-order valence-corrected chi connectivity index (χ2v) is 5.93. The lowest BCUT2D eigenvalue weighted by Crippen LogP contribution is -2.52. The highest BCUT2D eigenvalue weighted by molar-refractivity contribution is 5.74. The van der Waals surface area contributed by atoms with Crippen LogP contribution in [-0.2, 0) is 4.74 Å². The van der Waals surface area contributed by atoms with Gasteiger partial charge in [-0.05, 0) is 32.6 Å². The standard InChI is InChI=1S/C15H29N3O2/c1-3-14-6-4-5-7-18(14)15(19)16-12-13(2)17-8-10-20-11-9-17/h13-14H,3-12H2,1-2H3,(H,16,19). The minimum Gasteiger partial charge on any atom is -0.379 e. The van der Waals surface area contributed by atoms with E-state index < -0.39 is 0 Å². The van der Waals surface area contributed by atoms with Crippen molar-refractivity contribution in [3.63, 3.8) is 0 Å². The summed E-state index contributed by atoms with van der Waals surface area (Å²) in [7, 11) is 0. The first-order valence-corrected chi connectivity index (χ1v) is 8.08. The number of nitrogens with zero attached hydrogens (tertiary/aromatic N) is 2. The Hall–Kier alpha value is -0.810. The number of likely N-dealkylation sites (tertiary alicyclic amines) is 1. The SMILES string of the molecule is CCC1CCCCN1C(=O)NCC(C)N1CCOCC1. The zero-order valence-electron chi connectivity index (χ0n) is 12.9. The monoisotopic (exact) mass is 283 g/mol. The average Bonchev–Trinajstić information content (AvgIpc) is 2.53. The van der Waals surface area contributed by atoms with Gasteiger partial charge in [-0.25, -0.2) is 4.79 Å². The predicted octanol–water partition coefficient (Wildman–Crippen LogP) is 1.68. The Morgan fingerprint density at radius 3 is 2.75 bits per heavy atom. The molecule has 0 radical (unpaired) electrons. The van der Waals surface area contributed by atoms with Crippen LogP contribution in [0.4, 0.5) is 4.79 Å². The van der Waals surface area contributed by atoms with Crippen LogP contribution in [0, 0.1) is 0 Å². The van der Waals surface area contributed by atoms with E-state index in [0.717, 1.165) is 58.7 Å². The number of nitrogens with one attached hydrogen (secondary N) is 1. The van der Waals surface area contributed by atoms with Gasteiger partial charge in [-0.1, -0.05) is 6.92 Å². The molecule has 2 aliphatic rings. The molecule has 0 saturated carbocycles. The maximum absolute atomic E-state index is 12.3. The molecule has 2 aliphatic heterocycles. The summed E-state index contributed by atoms with van der Waals surface area (Å²) in [4.78, 5) is 16.7. The second-order valence-electron chi connectivity index (χ2n) is 5.93. The lowest BCUT2D eigenvalue weighted by atomic mass is 10.0. The summed E-state index contributed by atoms with van der Waals surface area (Å²) in [5, 5.41) is 3.12. The van der Waals surface area contributed by atoms with Gasteiger partial charge in [-0.2, -0.15) is 0 Å². The van der Waals surface area contributed by atoms with Gasteiger partial charge in [0.1, 0.15) is 0 Å². The van der Waals surface area contributed by atoms with Crippen molar-refractivity contribution in [3.8, 4) is 0 Å². The molecule has 1 N–H and O–H groups in total. The molecule has 5 heteroatoms. The number of piperidine rings is 1. The molecule has 2 amide bonds. The van der Waals surface area contributed by atoms with Crippen molar-refractivity contribution < 1.29 is 9.53 Å². The van der Waals surface area contributed by atoms with E-state index in [2.05, 4.69) is 24.1 Å². The molecule has 0 aliphatic carbocycles. The Morgan fingerprint density at radius 2 is 2.05 bits per heavy atom. The van der Waals surface area contributed by atoms with Crippen molar-refractivity contribution in [1.29, 1.82) is 0 Å². The van der Waals surface area contributed by atoms with Gasteiger partial charge in [0.25, 0.3) is 0 Å². The highest BCUT2D eigenvalue weighted by Gasteiger charge is 2.26. The van der Waals surface area contributed by atoms with Gasteiger partial charge in [0.15, 0.2) is 0 Å². The summed E-state index contributed by atoms with van der Waals surface area (Å²) < 4.78 is 5.36. The Balaban J connectivity index is 1.75. The van der Waals surface area contributed by atoms with Crippen molar-refractivity contribution in [3.05, 3.63) is 0 Å². The first kappa shape index (κ1) is 15.6.